The van der Waals surface area contributed by atoms with E-state index in [1.54, 1.807) is 0 Å². The van der Waals surface area contributed by atoms with Gasteiger partial charge in [-0.05, 0) is 12.1 Å². The van der Waals surface area contributed by atoms with Gasteiger partial charge in [-0.3, -0.25) is 0 Å². The van der Waals surface area contributed by atoms with Crippen molar-refractivity contribution in [3.8, 4) is 17.6 Å². The van der Waals surface area contributed by atoms with Gasteiger partial charge in [-0.2, -0.15) is 5.26 Å². The highest BCUT2D eigenvalue weighted by atomic mass is 35.5. The zero-order valence-corrected chi connectivity index (χ0v) is 7.09. The third-order valence-corrected chi connectivity index (χ3v) is 1.80. The summed E-state index contributed by atoms with van der Waals surface area (Å²) in [5.74, 6) is 0.0669. The molecule has 1 N–H and O–H groups in total. The van der Waals surface area contributed by atoms with Crippen LogP contribution in [0.2, 0.25) is 5.02 Å². The van der Waals surface area contributed by atoms with Crippen LogP contribution in [0.1, 0.15) is 5.56 Å². The molecule has 4 heteroatoms. The monoisotopic (exact) mass is 183 g/mol. The number of phenolic OH excluding ortho intramolecular Hbond substituents is 1. The maximum atomic E-state index is 9.30. The van der Waals surface area contributed by atoms with E-state index in [0.717, 1.165) is 0 Å². The number of benzene rings is 1. The molecule has 0 heterocycles. The van der Waals surface area contributed by atoms with Crippen molar-refractivity contribution >= 4 is 11.6 Å². The molecule has 0 bridgehead atoms. The molecule has 0 fully saturated rings. The van der Waals surface area contributed by atoms with Gasteiger partial charge in [-0.25, -0.2) is 0 Å². The first-order chi connectivity index (χ1) is 5.70. The number of aromatic hydroxyl groups is 1. The first kappa shape index (κ1) is 8.69. The second kappa shape index (κ2) is 3.33. The Kier molecular flexibility index (Phi) is 2.41. The lowest BCUT2D eigenvalue weighted by molar-refractivity contribution is 0.373. The quantitative estimate of drug-likeness (QED) is 0.724. The van der Waals surface area contributed by atoms with E-state index in [1.165, 1.54) is 19.2 Å². The average Bonchev–Trinajstić information content (AvgIpc) is 2.10. The van der Waals surface area contributed by atoms with Gasteiger partial charge in [-0.1, -0.05) is 11.6 Å². The number of nitrogens with zero attached hydrogens (tertiary/aromatic N) is 1. The molecule has 0 aliphatic heterocycles. The molecule has 0 unspecified atom stereocenters. The molecular weight excluding hydrogens is 178 g/mol. The fraction of sp³-hybridized carbons (Fsp3) is 0.125. The number of rotatable bonds is 1. The SMILES string of the molecule is COc1ccc(C#N)c(Cl)c1O. The minimum absolute atomic E-state index is 0.0249. The lowest BCUT2D eigenvalue weighted by atomic mass is 10.2. The zero-order chi connectivity index (χ0) is 9.14. The van der Waals surface area contributed by atoms with Crippen molar-refractivity contribution in [3.05, 3.63) is 22.7 Å². The number of phenols is 1. The molecule has 0 saturated carbocycles. The van der Waals surface area contributed by atoms with Gasteiger partial charge in [0.1, 0.15) is 11.1 Å². The summed E-state index contributed by atoms with van der Waals surface area (Å²) in [6, 6.07) is 4.81. The van der Waals surface area contributed by atoms with Crippen LogP contribution in [-0.4, -0.2) is 12.2 Å². The van der Waals surface area contributed by atoms with Crippen molar-refractivity contribution in [1.82, 2.24) is 0 Å². The summed E-state index contributed by atoms with van der Waals surface area (Å²) in [6.07, 6.45) is 0. The molecule has 0 aliphatic carbocycles. The van der Waals surface area contributed by atoms with Gasteiger partial charge in [0.15, 0.2) is 11.5 Å². The molecule has 1 aromatic carbocycles. The first-order valence-corrected chi connectivity index (χ1v) is 3.54. The molecule has 0 amide bonds. The van der Waals surface area contributed by atoms with Crippen molar-refractivity contribution in [3.63, 3.8) is 0 Å². The van der Waals surface area contributed by atoms with Crippen LogP contribution in [0.5, 0.6) is 11.5 Å². The van der Waals surface area contributed by atoms with E-state index in [-0.39, 0.29) is 22.1 Å². The smallest absolute Gasteiger partial charge is 0.178 e. The van der Waals surface area contributed by atoms with Crippen molar-refractivity contribution in [1.29, 1.82) is 5.26 Å². The summed E-state index contributed by atoms with van der Waals surface area (Å²) >= 11 is 5.62. The molecule has 1 rings (SSSR count). The molecule has 0 atom stereocenters. The Bertz CT molecular complexity index is 344. The zero-order valence-electron chi connectivity index (χ0n) is 6.34. The highest BCUT2D eigenvalue weighted by Gasteiger charge is 2.09. The van der Waals surface area contributed by atoms with Crippen LogP contribution < -0.4 is 4.74 Å². The van der Waals surface area contributed by atoms with Crippen molar-refractivity contribution in [2.75, 3.05) is 7.11 Å². The third kappa shape index (κ3) is 1.29. The Morgan fingerprint density at radius 2 is 2.25 bits per heavy atom. The standard InChI is InChI=1S/C8H6ClNO2/c1-12-6-3-2-5(4-10)7(9)8(6)11/h2-3,11H,1H3. The number of methoxy groups -OCH3 is 1. The van der Waals surface area contributed by atoms with E-state index in [4.69, 9.17) is 21.6 Å². The normalized spacial score (nSPS) is 9.08. The molecule has 0 radical (unpaired) electrons. The minimum atomic E-state index is -0.196. The van der Waals surface area contributed by atoms with Crippen LogP contribution in [0.25, 0.3) is 0 Å². The Morgan fingerprint density at radius 3 is 2.75 bits per heavy atom. The van der Waals surface area contributed by atoms with E-state index < -0.39 is 0 Å². The Morgan fingerprint density at radius 1 is 1.58 bits per heavy atom. The average molecular weight is 184 g/mol. The molecule has 3 nitrogen and oxygen atoms in total. The van der Waals surface area contributed by atoms with Gasteiger partial charge in [0.25, 0.3) is 0 Å². The second-order valence-corrected chi connectivity index (χ2v) is 2.47. The van der Waals surface area contributed by atoms with Crippen molar-refractivity contribution < 1.29 is 9.84 Å². The maximum absolute atomic E-state index is 9.30. The molecule has 62 valence electrons. The van der Waals surface area contributed by atoms with Crippen LogP contribution in [-0.2, 0) is 0 Å². The lowest BCUT2D eigenvalue weighted by Gasteiger charge is -2.04. The van der Waals surface area contributed by atoms with Crippen molar-refractivity contribution in [2.24, 2.45) is 0 Å². The summed E-state index contributed by atoms with van der Waals surface area (Å²) in [5.41, 5.74) is 0.231. The first-order valence-electron chi connectivity index (χ1n) is 3.16. The lowest BCUT2D eigenvalue weighted by Crippen LogP contribution is -1.85. The van der Waals surface area contributed by atoms with Crippen LogP contribution in [0, 0.1) is 11.3 Å². The fourth-order valence-electron chi connectivity index (χ4n) is 0.798. The van der Waals surface area contributed by atoms with E-state index in [1.807, 2.05) is 6.07 Å². The highest BCUT2D eigenvalue weighted by molar-refractivity contribution is 6.33. The predicted molar refractivity (Wildman–Crippen MR) is 44.4 cm³/mol. The molecule has 12 heavy (non-hydrogen) atoms. The summed E-state index contributed by atoms with van der Waals surface area (Å²) < 4.78 is 4.78. The van der Waals surface area contributed by atoms with Crippen LogP contribution >= 0.6 is 11.6 Å². The Hall–Kier alpha value is -1.40. The van der Waals surface area contributed by atoms with Gasteiger partial charge in [-0.15, -0.1) is 0 Å². The largest absolute Gasteiger partial charge is 0.503 e. The number of ether oxygens (including phenoxy) is 1. The van der Waals surface area contributed by atoms with Crippen molar-refractivity contribution in [2.45, 2.75) is 0 Å². The summed E-state index contributed by atoms with van der Waals surface area (Å²) in [7, 11) is 1.41. The van der Waals surface area contributed by atoms with Gasteiger partial charge in [0.2, 0.25) is 0 Å². The van der Waals surface area contributed by atoms with Gasteiger partial charge in [0, 0.05) is 0 Å². The van der Waals surface area contributed by atoms with Crippen LogP contribution in [0.15, 0.2) is 12.1 Å². The predicted octanol–water partition coefficient (Wildman–Crippen LogP) is 1.93. The third-order valence-electron chi connectivity index (χ3n) is 1.42. The molecule has 1 aromatic rings. The Balaban J connectivity index is 3.32. The van der Waals surface area contributed by atoms with Gasteiger partial charge >= 0.3 is 0 Å². The summed E-state index contributed by atoms with van der Waals surface area (Å²) in [4.78, 5) is 0. The number of halogens is 1. The molecule has 0 aromatic heterocycles. The van der Waals surface area contributed by atoms with Gasteiger partial charge in [0.05, 0.1) is 12.7 Å². The fourth-order valence-corrected chi connectivity index (χ4v) is 0.996. The van der Waals surface area contributed by atoms with E-state index in [0.29, 0.717) is 0 Å². The van der Waals surface area contributed by atoms with E-state index in [2.05, 4.69) is 0 Å². The second-order valence-electron chi connectivity index (χ2n) is 2.09. The summed E-state index contributed by atoms with van der Waals surface area (Å²) in [5, 5.41) is 17.8. The number of nitriles is 1. The van der Waals surface area contributed by atoms with Gasteiger partial charge < -0.3 is 9.84 Å². The van der Waals surface area contributed by atoms with E-state index in [9.17, 15) is 5.11 Å². The molecule has 0 saturated heterocycles. The maximum Gasteiger partial charge on any atom is 0.178 e. The molecule has 0 spiro atoms. The number of hydrogen-bond acceptors (Lipinski definition) is 3. The Labute approximate surface area is 74.8 Å². The minimum Gasteiger partial charge on any atom is -0.503 e. The number of hydrogen-bond donors (Lipinski definition) is 1. The topological polar surface area (TPSA) is 53.2 Å². The van der Waals surface area contributed by atoms with E-state index >= 15 is 0 Å². The molecule has 0 aliphatic rings. The summed E-state index contributed by atoms with van der Waals surface area (Å²) in [6.45, 7) is 0. The van der Waals surface area contributed by atoms with Crippen LogP contribution in [0.4, 0.5) is 0 Å². The molecular formula is C8H6ClNO2. The van der Waals surface area contributed by atoms with Crippen LogP contribution in [0.3, 0.4) is 0 Å². The highest BCUT2D eigenvalue weighted by Crippen LogP contribution is 2.35.